The van der Waals surface area contributed by atoms with Gasteiger partial charge in [0, 0.05) is 24.2 Å². The summed E-state index contributed by atoms with van der Waals surface area (Å²) in [6.45, 7) is 0.247. The summed E-state index contributed by atoms with van der Waals surface area (Å²) >= 11 is 0. The van der Waals surface area contributed by atoms with Crippen molar-refractivity contribution >= 4 is 23.5 Å². The Kier molecular flexibility index (Phi) is 4.86. The maximum atomic E-state index is 12.6. The topological polar surface area (TPSA) is 89.7 Å². The number of ether oxygens (including phenoxy) is 1. The van der Waals surface area contributed by atoms with E-state index in [0.717, 1.165) is 24.9 Å². The Morgan fingerprint density at radius 2 is 1.82 bits per heavy atom. The molecule has 2 N–H and O–H groups in total. The molecule has 0 radical (unpaired) electrons. The molecule has 2 aromatic rings. The molecule has 4 rings (SSSR count). The molecular formula is C22H22N2O4. The molecule has 6 heteroatoms. The van der Waals surface area contributed by atoms with Crippen molar-refractivity contribution in [3.05, 3.63) is 65.2 Å². The number of benzene rings is 2. The molecule has 1 aliphatic carbocycles. The second kappa shape index (κ2) is 7.46. The van der Waals surface area contributed by atoms with E-state index in [1.54, 1.807) is 35.2 Å². The Morgan fingerprint density at radius 3 is 2.57 bits per heavy atom. The van der Waals surface area contributed by atoms with E-state index in [1.807, 2.05) is 12.1 Å². The van der Waals surface area contributed by atoms with Crippen molar-refractivity contribution < 1.29 is 19.1 Å². The molecule has 2 atom stereocenters. The van der Waals surface area contributed by atoms with Gasteiger partial charge in [-0.2, -0.15) is 0 Å². The number of carbonyl (C=O) groups excluding carboxylic acids is 3. The predicted molar refractivity (Wildman–Crippen MR) is 103 cm³/mol. The van der Waals surface area contributed by atoms with Crippen LogP contribution in [-0.4, -0.2) is 24.3 Å². The van der Waals surface area contributed by atoms with E-state index in [-0.39, 0.29) is 18.9 Å². The number of carbonyl (C=O) groups is 3. The summed E-state index contributed by atoms with van der Waals surface area (Å²) in [6.07, 6.45) is 2.14. The SMILES string of the molecule is NC(=O)[C@H](OC(=O)[C@@H]1CC(=O)N(c2ccc3c(c2)CCC3)C1)c1ccccc1. The largest absolute Gasteiger partial charge is 0.447 e. The molecule has 1 aliphatic heterocycles. The van der Waals surface area contributed by atoms with Crippen molar-refractivity contribution in [2.75, 3.05) is 11.4 Å². The van der Waals surface area contributed by atoms with Crippen molar-refractivity contribution in [3.63, 3.8) is 0 Å². The summed E-state index contributed by atoms with van der Waals surface area (Å²) in [5, 5.41) is 0. The molecule has 0 spiro atoms. The Hall–Kier alpha value is -3.15. The van der Waals surface area contributed by atoms with Crippen LogP contribution < -0.4 is 10.6 Å². The lowest BCUT2D eigenvalue weighted by atomic mass is 10.1. The van der Waals surface area contributed by atoms with Crippen LogP contribution >= 0.6 is 0 Å². The van der Waals surface area contributed by atoms with Crippen molar-refractivity contribution in [1.82, 2.24) is 0 Å². The molecule has 2 aliphatic rings. The van der Waals surface area contributed by atoms with Gasteiger partial charge in [-0.3, -0.25) is 14.4 Å². The monoisotopic (exact) mass is 378 g/mol. The number of anilines is 1. The minimum absolute atomic E-state index is 0.0657. The number of esters is 1. The molecule has 1 saturated heterocycles. The number of rotatable bonds is 5. The van der Waals surface area contributed by atoms with Gasteiger partial charge in [0.05, 0.1) is 5.92 Å². The molecule has 0 saturated carbocycles. The van der Waals surface area contributed by atoms with Gasteiger partial charge in [0.25, 0.3) is 5.91 Å². The smallest absolute Gasteiger partial charge is 0.312 e. The lowest BCUT2D eigenvalue weighted by Crippen LogP contribution is -2.30. The van der Waals surface area contributed by atoms with Crippen LogP contribution in [0.3, 0.4) is 0 Å². The van der Waals surface area contributed by atoms with Crippen LogP contribution in [0.4, 0.5) is 5.69 Å². The number of nitrogens with zero attached hydrogens (tertiary/aromatic N) is 1. The van der Waals surface area contributed by atoms with Crippen LogP contribution in [0.2, 0.25) is 0 Å². The van der Waals surface area contributed by atoms with E-state index < -0.39 is 23.9 Å². The van der Waals surface area contributed by atoms with Crippen LogP contribution in [0.1, 0.15) is 35.6 Å². The van der Waals surface area contributed by atoms with E-state index in [9.17, 15) is 14.4 Å². The number of primary amides is 1. The highest BCUT2D eigenvalue weighted by Crippen LogP contribution is 2.31. The zero-order valence-corrected chi connectivity index (χ0v) is 15.5. The highest BCUT2D eigenvalue weighted by molar-refractivity contribution is 6.00. The lowest BCUT2D eigenvalue weighted by molar-refractivity contribution is -0.159. The molecule has 1 fully saturated rings. The van der Waals surface area contributed by atoms with Gasteiger partial charge in [-0.1, -0.05) is 36.4 Å². The maximum Gasteiger partial charge on any atom is 0.312 e. The summed E-state index contributed by atoms with van der Waals surface area (Å²) < 4.78 is 5.40. The Morgan fingerprint density at radius 1 is 1.07 bits per heavy atom. The third-order valence-corrected chi connectivity index (χ3v) is 5.45. The number of hydrogen-bond acceptors (Lipinski definition) is 4. The summed E-state index contributed by atoms with van der Waals surface area (Å²) in [4.78, 5) is 38.5. The van der Waals surface area contributed by atoms with Crippen molar-refractivity contribution in [3.8, 4) is 0 Å². The molecule has 0 unspecified atom stereocenters. The molecule has 144 valence electrons. The zero-order valence-electron chi connectivity index (χ0n) is 15.5. The fourth-order valence-electron chi connectivity index (χ4n) is 3.97. The maximum absolute atomic E-state index is 12.6. The number of hydrogen-bond donors (Lipinski definition) is 1. The fourth-order valence-corrected chi connectivity index (χ4v) is 3.97. The third-order valence-electron chi connectivity index (χ3n) is 5.45. The van der Waals surface area contributed by atoms with Gasteiger partial charge in [-0.05, 0) is 42.5 Å². The fraction of sp³-hybridized carbons (Fsp3) is 0.318. The molecule has 0 bridgehead atoms. The summed E-state index contributed by atoms with van der Waals surface area (Å²) in [5.74, 6) is -2.05. The molecule has 6 nitrogen and oxygen atoms in total. The van der Waals surface area contributed by atoms with Crippen LogP contribution in [0.5, 0.6) is 0 Å². The number of aryl methyl sites for hydroxylation is 2. The quantitative estimate of drug-likeness (QED) is 0.809. The third kappa shape index (κ3) is 3.50. The van der Waals surface area contributed by atoms with E-state index in [4.69, 9.17) is 10.5 Å². The van der Waals surface area contributed by atoms with Gasteiger partial charge >= 0.3 is 5.97 Å². The van der Waals surface area contributed by atoms with E-state index in [0.29, 0.717) is 5.56 Å². The average Bonchev–Trinajstić information content (AvgIpc) is 3.32. The Balaban J connectivity index is 1.47. The lowest BCUT2D eigenvalue weighted by Gasteiger charge is -2.19. The van der Waals surface area contributed by atoms with Crippen LogP contribution in [0, 0.1) is 5.92 Å². The Bertz CT molecular complexity index is 925. The van der Waals surface area contributed by atoms with E-state index in [1.165, 1.54) is 11.1 Å². The summed E-state index contributed by atoms with van der Waals surface area (Å²) in [7, 11) is 0. The first kappa shape index (κ1) is 18.2. The average molecular weight is 378 g/mol. The van der Waals surface area contributed by atoms with Crippen LogP contribution in [0.15, 0.2) is 48.5 Å². The molecule has 2 aromatic carbocycles. The number of fused-ring (bicyclic) bond motifs is 1. The van der Waals surface area contributed by atoms with Gasteiger partial charge in [-0.15, -0.1) is 0 Å². The first-order chi connectivity index (χ1) is 13.5. The molecular weight excluding hydrogens is 356 g/mol. The zero-order chi connectivity index (χ0) is 19.7. The van der Waals surface area contributed by atoms with E-state index >= 15 is 0 Å². The van der Waals surface area contributed by atoms with Crippen molar-refractivity contribution in [1.29, 1.82) is 0 Å². The van der Waals surface area contributed by atoms with Crippen LogP contribution in [0.25, 0.3) is 0 Å². The van der Waals surface area contributed by atoms with Crippen LogP contribution in [-0.2, 0) is 32.0 Å². The molecule has 28 heavy (non-hydrogen) atoms. The number of amides is 2. The highest BCUT2D eigenvalue weighted by atomic mass is 16.5. The standard InChI is InChI=1S/C22H22N2O4/c23-21(26)20(15-5-2-1-3-6-15)28-22(27)17-12-19(25)24(13-17)18-10-9-14-7-4-8-16(14)11-18/h1-3,5-6,9-11,17,20H,4,7-8,12-13H2,(H2,23,26)/t17-,20-/m1/s1. The predicted octanol–water partition coefficient (Wildman–Crippen LogP) is 2.30. The second-order valence-corrected chi connectivity index (χ2v) is 7.34. The Labute approximate surface area is 163 Å². The minimum atomic E-state index is -1.15. The second-order valence-electron chi connectivity index (χ2n) is 7.34. The van der Waals surface area contributed by atoms with Gasteiger partial charge in [0.1, 0.15) is 0 Å². The van der Waals surface area contributed by atoms with Crippen molar-refractivity contribution in [2.24, 2.45) is 11.7 Å². The summed E-state index contributed by atoms with van der Waals surface area (Å²) in [6, 6.07) is 14.7. The van der Waals surface area contributed by atoms with E-state index in [2.05, 4.69) is 6.07 Å². The highest BCUT2D eigenvalue weighted by Gasteiger charge is 2.38. The number of nitrogens with two attached hydrogens (primary N) is 1. The first-order valence-electron chi connectivity index (χ1n) is 9.50. The minimum Gasteiger partial charge on any atom is -0.447 e. The normalized spacial score (nSPS) is 19.4. The molecule has 0 aromatic heterocycles. The van der Waals surface area contributed by atoms with Gasteiger partial charge < -0.3 is 15.4 Å². The molecule has 2 amide bonds. The first-order valence-corrected chi connectivity index (χ1v) is 9.50. The van der Waals surface area contributed by atoms with Gasteiger partial charge in [0.2, 0.25) is 12.0 Å². The summed E-state index contributed by atoms with van der Waals surface area (Å²) in [5.41, 5.74) is 9.36. The van der Waals surface area contributed by atoms with Gasteiger partial charge in [0.15, 0.2) is 0 Å². The van der Waals surface area contributed by atoms with Gasteiger partial charge in [-0.25, -0.2) is 0 Å². The molecule has 1 heterocycles. The van der Waals surface area contributed by atoms with Crippen molar-refractivity contribution in [2.45, 2.75) is 31.8 Å².